The van der Waals surface area contributed by atoms with Crippen LogP contribution in [-0.4, -0.2) is 30.0 Å². The number of nitrogens with one attached hydrogen (secondary N) is 2. The zero-order valence-corrected chi connectivity index (χ0v) is 14.7. The number of anilines is 1. The quantitative estimate of drug-likeness (QED) is 0.854. The molecule has 1 aromatic heterocycles. The summed E-state index contributed by atoms with van der Waals surface area (Å²) in [7, 11) is 0. The van der Waals surface area contributed by atoms with E-state index in [0.29, 0.717) is 16.0 Å². The summed E-state index contributed by atoms with van der Waals surface area (Å²) in [6.45, 7) is 1.63. The fraction of sp³-hybridized carbons (Fsp3) is 0.389. The van der Waals surface area contributed by atoms with Crippen molar-refractivity contribution in [1.82, 2.24) is 10.3 Å². The van der Waals surface area contributed by atoms with Crippen LogP contribution in [0.3, 0.4) is 0 Å². The number of rotatable bonds is 4. The van der Waals surface area contributed by atoms with Crippen molar-refractivity contribution in [3.63, 3.8) is 0 Å². The van der Waals surface area contributed by atoms with Gasteiger partial charge in [-0.25, -0.2) is 0 Å². The zero-order valence-electron chi connectivity index (χ0n) is 13.2. The molecule has 1 saturated carbocycles. The Morgan fingerprint density at radius 3 is 2.79 bits per heavy atom. The van der Waals surface area contributed by atoms with Crippen LogP contribution >= 0.6 is 23.2 Å². The van der Waals surface area contributed by atoms with E-state index in [4.69, 9.17) is 23.2 Å². The van der Waals surface area contributed by atoms with Crippen LogP contribution in [0.4, 0.5) is 5.69 Å². The Bertz CT molecular complexity index is 769. The Hall–Kier alpha value is -1.65. The smallest absolute Gasteiger partial charge is 0.253 e. The maximum atomic E-state index is 12.6. The van der Waals surface area contributed by atoms with E-state index in [1.54, 1.807) is 6.07 Å². The Balaban J connectivity index is 1.41. The molecule has 1 amide bonds. The lowest BCUT2D eigenvalue weighted by atomic mass is 10.1. The fourth-order valence-electron chi connectivity index (χ4n) is 3.39. The minimum atomic E-state index is 0.0206. The standard InChI is InChI=1S/C18H19Cl2N3O/c19-12-3-4-16(15(20)9-12)23-8-6-13(10-23)22-18(24)14-5-7-21-17(14)11-1-2-11/h3-5,7,9,11,13,21H,1-2,6,8,10H2,(H,22,24). The molecule has 6 heteroatoms. The van der Waals surface area contributed by atoms with Gasteiger partial charge in [0.2, 0.25) is 0 Å². The van der Waals surface area contributed by atoms with Gasteiger partial charge in [-0.1, -0.05) is 23.2 Å². The van der Waals surface area contributed by atoms with Gasteiger partial charge in [0.15, 0.2) is 0 Å². The number of aromatic nitrogens is 1. The second-order valence-corrected chi connectivity index (χ2v) is 7.42. The van der Waals surface area contributed by atoms with E-state index in [1.165, 1.54) is 12.8 Å². The molecule has 1 aliphatic heterocycles. The highest BCUT2D eigenvalue weighted by atomic mass is 35.5. The van der Waals surface area contributed by atoms with Crippen LogP contribution in [0.25, 0.3) is 0 Å². The van der Waals surface area contributed by atoms with Crippen molar-refractivity contribution in [2.24, 2.45) is 0 Å². The predicted molar refractivity (Wildman–Crippen MR) is 97.3 cm³/mol. The fourth-order valence-corrected chi connectivity index (χ4v) is 3.92. The average Bonchev–Trinajstić information content (AvgIpc) is 3.08. The topological polar surface area (TPSA) is 48.1 Å². The highest BCUT2D eigenvalue weighted by Crippen LogP contribution is 2.40. The summed E-state index contributed by atoms with van der Waals surface area (Å²) in [5.41, 5.74) is 2.85. The van der Waals surface area contributed by atoms with E-state index in [2.05, 4.69) is 15.2 Å². The second kappa shape index (κ2) is 6.34. The van der Waals surface area contributed by atoms with Crippen molar-refractivity contribution in [3.8, 4) is 0 Å². The van der Waals surface area contributed by atoms with Crippen molar-refractivity contribution in [2.75, 3.05) is 18.0 Å². The molecule has 0 radical (unpaired) electrons. The average molecular weight is 364 g/mol. The molecule has 1 saturated heterocycles. The van der Waals surface area contributed by atoms with Crippen LogP contribution < -0.4 is 10.2 Å². The highest BCUT2D eigenvalue weighted by molar-refractivity contribution is 6.36. The molecule has 2 aliphatic rings. The first-order chi connectivity index (χ1) is 11.6. The molecule has 1 atom stereocenters. The van der Waals surface area contributed by atoms with Crippen LogP contribution in [0.15, 0.2) is 30.5 Å². The monoisotopic (exact) mass is 363 g/mol. The molecule has 2 fully saturated rings. The number of nitrogens with zero attached hydrogens (tertiary/aromatic N) is 1. The number of hydrogen-bond donors (Lipinski definition) is 2. The Labute approximate surface area is 151 Å². The van der Waals surface area contributed by atoms with Gasteiger partial charge in [-0.2, -0.15) is 0 Å². The summed E-state index contributed by atoms with van der Waals surface area (Å²) in [5, 5.41) is 4.45. The first kappa shape index (κ1) is 15.9. The molecule has 1 unspecified atom stereocenters. The number of benzene rings is 1. The van der Waals surface area contributed by atoms with E-state index >= 15 is 0 Å². The molecule has 0 spiro atoms. The number of hydrogen-bond acceptors (Lipinski definition) is 2. The number of H-pyrrole nitrogens is 1. The summed E-state index contributed by atoms with van der Waals surface area (Å²) in [5.74, 6) is 0.556. The largest absolute Gasteiger partial charge is 0.368 e. The van der Waals surface area contributed by atoms with Gasteiger partial charge in [-0.15, -0.1) is 0 Å². The van der Waals surface area contributed by atoms with Gasteiger partial charge < -0.3 is 15.2 Å². The van der Waals surface area contributed by atoms with Crippen LogP contribution in [0.5, 0.6) is 0 Å². The van der Waals surface area contributed by atoms with E-state index in [0.717, 1.165) is 36.5 Å². The number of amides is 1. The lowest BCUT2D eigenvalue weighted by Crippen LogP contribution is -2.37. The third kappa shape index (κ3) is 3.13. The number of aromatic amines is 1. The van der Waals surface area contributed by atoms with Crippen molar-refractivity contribution in [3.05, 3.63) is 51.8 Å². The Morgan fingerprint density at radius 2 is 2.04 bits per heavy atom. The first-order valence-corrected chi connectivity index (χ1v) is 9.05. The minimum absolute atomic E-state index is 0.0206. The van der Waals surface area contributed by atoms with Crippen molar-refractivity contribution in [1.29, 1.82) is 0 Å². The number of carbonyl (C=O) groups excluding carboxylic acids is 1. The van der Waals surface area contributed by atoms with Crippen LogP contribution in [0.2, 0.25) is 10.0 Å². The first-order valence-electron chi connectivity index (χ1n) is 8.30. The lowest BCUT2D eigenvalue weighted by Gasteiger charge is -2.20. The van der Waals surface area contributed by atoms with E-state index in [9.17, 15) is 4.79 Å². The highest BCUT2D eigenvalue weighted by Gasteiger charge is 2.31. The Morgan fingerprint density at radius 1 is 1.21 bits per heavy atom. The maximum Gasteiger partial charge on any atom is 0.253 e. The summed E-state index contributed by atoms with van der Waals surface area (Å²) in [6, 6.07) is 7.55. The normalized spacial score (nSPS) is 20.4. The maximum absolute atomic E-state index is 12.6. The molecular weight excluding hydrogens is 345 g/mol. The van der Waals surface area contributed by atoms with Crippen molar-refractivity contribution < 1.29 is 4.79 Å². The summed E-state index contributed by atoms with van der Waals surface area (Å²) < 4.78 is 0. The summed E-state index contributed by atoms with van der Waals surface area (Å²) in [6.07, 6.45) is 5.12. The lowest BCUT2D eigenvalue weighted by molar-refractivity contribution is 0.0939. The molecule has 4 nitrogen and oxygen atoms in total. The molecule has 126 valence electrons. The van der Waals surface area contributed by atoms with E-state index < -0.39 is 0 Å². The molecule has 2 aromatic rings. The third-order valence-electron chi connectivity index (χ3n) is 4.78. The molecule has 4 rings (SSSR count). The minimum Gasteiger partial charge on any atom is -0.368 e. The molecule has 24 heavy (non-hydrogen) atoms. The van der Waals surface area contributed by atoms with Gasteiger partial charge >= 0.3 is 0 Å². The van der Waals surface area contributed by atoms with E-state index in [1.807, 2.05) is 24.4 Å². The van der Waals surface area contributed by atoms with Gasteiger partial charge in [0.1, 0.15) is 0 Å². The predicted octanol–water partition coefficient (Wildman–Crippen LogP) is 4.21. The van der Waals surface area contributed by atoms with Crippen LogP contribution in [0, 0.1) is 0 Å². The second-order valence-electron chi connectivity index (χ2n) is 6.58. The molecule has 1 aromatic carbocycles. The number of carbonyl (C=O) groups is 1. The summed E-state index contributed by atoms with van der Waals surface area (Å²) in [4.78, 5) is 18.0. The van der Waals surface area contributed by atoms with E-state index in [-0.39, 0.29) is 11.9 Å². The zero-order chi connectivity index (χ0) is 16.7. The third-order valence-corrected chi connectivity index (χ3v) is 5.32. The van der Waals surface area contributed by atoms with Gasteiger partial charge in [0.05, 0.1) is 16.3 Å². The van der Waals surface area contributed by atoms with Crippen LogP contribution in [0.1, 0.15) is 41.2 Å². The van der Waals surface area contributed by atoms with Crippen molar-refractivity contribution >= 4 is 34.8 Å². The molecule has 0 bridgehead atoms. The number of halogens is 2. The molecular formula is C18H19Cl2N3O. The summed E-state index contributed by atoms with van der Waals surface area (Å²) >= 11 is 12.2. The van der Waals surface area contributed by atoms with Gasteiger partial charge in [0.25, 0.3) is 5.91 Å². The van der Waals surface area contributed by atoms with Crippen LogP contribution in [-0.2, 0) is 0 Å². The van der Waals surface area contributed by atoms with Gasteiger partial charge in [-0.05, 0) is 49.4 Å². The van der Waals surface area contributed by atoms with Gasteiger partial charge in [0, 0.05) is 36.0 Å². The molecule has 2 heterocycles. The molecule has 1 aliphatic carbocycles. The SMILES string of the molecule is O=C(NC1CCN(c2ccc(Cl)cc2Cl)C1)c1cc[nH]c1C1CC1. The van der Waals surface area contributed by atoms with Gasteiger partial charge in [-0.3, -0.25) is 4.79 Å². The molecule has 2 N–H and O–H groups in total. The Kier molecular flexibility index (Phi) is 4.19. The van der Waals surface area contributed by atoms with Crippen molar-refractivity contribution in [2.45, 2.75) is 31.2 Å².